The Morgan fingerprint density at radius 2 is 1.76 bits per heavy atom. The van der Waals surface area contributed by atoms with Crippen LogP contribution in [-0.4, -0.2) is 44.5 Å². The number of amides is 2. The molecular formula is C31H31N7O3. The van der Waals surface area contributed by atoms with Gasteiger partial charge in [-0.3, -0.25) is 4.90 Å². The number of carbonyl (C=O) groups excluding carboxylic acids is 1. The lowest BCUT2D eigenvalue weighted by Crippen LogP contribution is -2.43. The van der Waals surface area contributed by atoms with E-state index in [1.54, 1.807) is 17.2 Å². The zero-order valence-electron chi connectivity index (χ0n) is 22.5. The number of rotatable bonds is 9. The van der Waals surface area contributed by atoms with Crippen LogP contribution in [0.4, 0.5) is 16.3 Å². The van der Waals surface area contributed by atoms with E-state index in [0.717, 1.165) is 42.8 Å². The SMILES string of the molecule is N#Cc1ccc(NC2CCC(CN(C(=O)NCc3ccccc3)c3ccc(-n4cc(C(=O)O)cn4)cc3)CC2)nc1. The summed E-state index contributed by atoms with van der Waals surface area (Å²) >= 11 is 0. The highest BCUT2D eigenvalue weighted by atomic mass is 16.4. The Kier molecular flexibility index (Phi) is 8.55. The van der Waals surface area contributed by atoms with Crippen molar-refractivity contribution in [2.45, 2.75) is 38.3 Å². The van der Waals surface area contributed by atoms with E-state index in [9.17, 15) is 14.7 Å². The van der Waals surface area contributed by atoms with Gasteiger partial charge < -0.3 is 15.7 Å². The lowest BCUT2D eigenvalue weighted by molar-refractivity contribution is 0.0697. The highest BCUT2D eigenvalue weighted by Gasteiger charge is 2.26. The summed E-state index contributed by atoms with van der Waals surface area (Å²) in [4.78, 5) is 30.8. The van der Waals surface area contributed by atoms with Gasteiger partial charge in [-0.2, -0.15) is 10.4 Å². The van der Waals surface area contributed by atoms with Crippen LogP contribution in [0, 0.1) is 17.2 Å². The first-order valence-electron chi connectivity index (χ1n) is 13.6. The fourth-order valence-corrected chi connectivity index (χ4v) is 5.04. The van der Waals surface area contributed by atoms with Gasteiger partial charge >= 0.3 is 12.0 Å². The van der Waals surface area contributed by atoms with Crippen LogP contribution in [0.2, 0.25) is 0 Å². The van der Waals surface area contributed by atoms with E-state index in [4.69, 9.17) is 5.26 Å². The Bertz CT molecular complexity index is 1500. The van der Waals surface area contributed by atoms with Crippen LogP contribution in [0.15, 0.2) is 85.3 Å². The molecule has 208 valence electrons. The summed E-state index contributed by atoms with van der Waals surface area (Å²) in [5.74, 6) is 0.0581. The molecule has 1 aliphatic carbocycles. The van der Waals surface area contributed by atoms with E-state index in [1.165, 1.54) is 17.1 Å². The van der Waals surface area contributed by atoms with E-state index in [-0.39, 0.29) is 17.6 Å². The number of nitrogens with zero attached hydrogens (tertiary/aromatic N) is 5. The van der Waals surface area contributed by atoms with Gasteiger partial charge in [-0.1, -0.05) is 30.3 Å². The minimum absolute atomic E-state index is 0.107. The minimum Gasteiger partial charge on any atom is -0.478 e. The number of nitriles is 1. The van der Waals surface area contributed by atoms with Crippen LogP contribution < -0.4 is 15.5 Å². The Labute approximate surface area is 238 Å². The van der Waals surface area contributed by atoms with Gasteiger partial charge in [0.05, 0.1) is 23.0 Å². The van der Waals surface area contributed by atoms with Gasteiger partial charge in [-0.05, 0) is 73.6 Å². The van der Waals surface area contributed by atoms with Gasteiger partial charge in [0.1, 0.15) is 11.9 Å². The van der Waals surface area contributed by atoms with E-state index in [1.807, 2.05) is 60.7 Å². The fraction of sp³-hybridized carbons (Fsp3) is 0.258. The fourth-order valence-electron chi connectivity index (χ4n) is 5.04. The summed E-state index contributed by atoms with van der Waals surface area (Å²) < 4.78 is 1.50. The van der Waals surface area contributed by atoms with Crippen molar-refractivity contribution in [2.24, 2.45) is 5.92 Å². The summed E-state index contributed by atoms with van der Waals surface area (Å²) in [6, 6.07) is 23.0. The zero-order chi connectivity index (χ0) is 28.6. The normalized spacial score (nSPS) is 16.4. The minimum atomic E-state index is -1.03. The lowest BCUT2D eigenvalue weighted by Gasteiger charge is -2.33. The van der Waals surface area contributed by atoms with Crippen molar-refractivity contribution < 1.29 is 14.7 Å². The molecule has 0 bridgehead atoms. The number of carboxylic acid groups (broad SMARTS) is 1. The first kappa shape index (κ1) is 27.4. The van der Waals surface area contributed by atoms with Crippen LogP contribution in [0.3, 0.4) is 0 Å². The molecule has 10 heteroatoms. The Balaban J connectivity index is 1.25. The number of nitrogens with one attached hydrogen (secondary N) is 2. The van der Waals surface area contributed by atoms with Crippen molar-refractivity contribution in [2.75, 3.05) is 16.8 Å². The van der Waals surface area contributed by atoms with Gasteiger partial charge in [0.2, 0.25) is 0 Å². The maximum absolute atomic E-state index is 13.5. The quantitative estimate of drug-likeness (QED) is 0.260. The van der Waals surface area contributed by atoms with Gasteiger partial charge in [-0.25, -0.2) is 19.3 Å². The average molecular weight is 550 g/mol. The van der Waals surface area contributed by atoms with Gasteiger partial charge in [0.15, 0.2) is 0 Å². The van der Waals surface area contributed by atoms with Gasteiger partial charge in [-0.15, -0.1) is 0 Å². The summed E-state index contributed by atoms with van der Waals surface area (Å²) in [7, 11) is 0. The van der Waals surface area contributed by atoms with Crippen LogP contribution in [0.5, 0.6) is 0 Å². The second-order valence-corrected chi connectivity index (χ2v) is 10.2. The monoisotopic (exact) mass is 549 g/mol. The third-order valence-corrected chi connectivity index (χ3v) is 7.32. The summed E-state index contributed by atoms with van der Waals surface area (Å²) in [6.45, 7) is 1.00. The third kappa shape index (κ3) is 7.08. The second-order valence-electron chi connectivity index (χ2n) is 10.2. The molecule has 5 rings (SSSR count). The number of urea groups is 1. The molecule has 41 heavy (non-hydrogen) atoms. The number of pyridine rings is 1. The molecular weight excluding hydrogens is 518 g/mol. The Hall–Kier alpha value is -5.17. The summed E-state index contributed by atoms with van der Waals surface area (Å²) in [5, 5.41) is 28.9. The predicted molar refractivity (Wildman–Crippen MR) is 155 cm³/mol. The topological polar surface area (TPSA) is 136 Å². The van der Waals surface area contributed by atoms with Crippen molar-refractivity contribution in [1.82, 2.24) is 20.1 Å². The Morgan fingerprint density at radius 3 is 2.39 bits per heavy atom. The van der Waals surface area contributed by atoms with E-state index < -0.39 is 5.97 Å². The van der Waals surface area contributed by atoms with Crippen molar-refractivity contribution >= 4 is 23.5 Å². The highest BCUT2D eigenvalue weighted by molar-refractivity contribution is 5.92. The number of carboxylic acids is 1. The zero-order valence-corrected chi connectivity index (χ0v) is 22.5. The largest absolute Gasteiger partial charge is 0.478 e. The molecule has 0 unspecified atom stereocenters. The van der Waals surface area contributed by atoms with Crippen LogP contribution >= 0.6 is 0 Å². The van der Waals surface area contributed by atoms with Crippen LogP contribution in [0.1, 0.15) is 47.2 Å². The van der Waals surface area contributed by atoms with E-state index in [2.05, 4.69) is 26.8 Å². The molecule has 1 saturated carbocycles. The molecule has 0 radical (unpaired) electrons. The van der Waals surface area contributed by atoms with Crippen molar-refractivity contribution in [3.63, 3.8) is 0 Å². The number of hydrogen-bond donors (Lipinski definition) is 3. The first-order valence-corrected chi connectivity index (χ1v) is 13.6. The van der Waals surface area contributed by atoms with Crippen molar-refractivity contribution in [1.29, 1.82) is 5.26 Å². The standard InChI is InChI=1S/C31H31N7O3/c32-16-24-8-15-29(33-18-24)36-26-9-6-23(7-10-26)20-37(31(41)34-17-22-4-2-1-3-5-22)27-11-13-28(14-12-27)38-21-25(19-35-38)30(39)40/h1-5,8,11-15,18-19,21,23,26H,6-7,9-10,17,20H2,(H,33,36)(H,34,41)(H,39,40). The number of aromatic nitrogens is 3. The summed E-state index contributed by atoms with van der Waals surface area (Å²) in [5.41, 5.74) is 3.12. The van der Waals surface area contributed by atoms with Gasteiger partial charge in [0.25, 0.3) is 0 Å². The molecule has 10 nitrogen and oxygen atoms in total. The van der Waals surface area contributed by atoms with Crippen molar-refractivity contribution in [3.8, 4) is 11.8 Å². The van der Waals surface area contributed by atoms with E-state index >= 15 is 0 Å². The van der Waals surface area contributed by atoms with Gasteiger partial charge in [0, 0.05) is 37.2 Å². The average Bonchev–Trinajstić information content (AvgIpc) is 3.52. The molecule has 2 aromatic carbocycles. The summed E-state index contributed by atoms with van der Waals surface area (Å²) in [6.07, 6.45) is 8.16. The molecule has 2 amide bonds. The number of aromatic carboxylic acids is 1. The maximum Gasteiger partial charge on any atom is 0.338 e. The lowest BCUT2D eigenvalue weighted by atomic mass is 9.85. The molecule has 0 atom stereocenters. The molecule has 4 aromatic rings. The van der Waals surface area contributed by atoms with E-state index in [0.29, 0.717) is 30.3 Å². The molecule has 1 aliphatic rings. The number of hydrogen-bond acceptors (Lipinski definition) is 6. The molecule has 0 aliphatic heterocycles. The van der Waals surface area contributed by atoms with Crippen molar-refractivity contribution in [3.05, 3.63) is 102 Å². The molecule has 0 saturated heterocycles. The predicted octanol–water partition coefficient (Wildman–Crippen LogP) is 5.22. The first-order chi connectivity index (χ1) is 20.0. The molecule has 1 fully saturated rings. The molecule has 0 spiro atoms. The number of anilines is 2. The molecule has 3 N–H and O–H groups in total. The smallest absolute Gasteiger partial charge is 0.338 e. The number of carbonyl (C=O) groups is 2. The third-order valence-electron chi connectivity index (χ3n) is 7.32. The maximum atomic E-state index is 13.5. The highest BCUT2D eigenvalue weighted by Crippen LogP contribution is 2.29. The molecule has 2 aromatic heterocycles. The van der Waals surface area contributed by atoms with Crippen LogP contribution in [0.25, 0.3) is 5.69 Å². The number of benzene rings is 2. The molecule has 2 heterocycles. The second kappa shape index (κ2) is 12.8. The van der Waals surface area contributed by atoms with Crippen LogP contribution in [-0.2, 0) is 6.54 Å². The Morgan fingerprint density at radius 1 is 1.00 bits per heavy atom.